The fraction of sp³-hybridized carbons (Fsp3) is 0.632. The molecule has 0 amide bonds. The van der Waals surface area contributed by atoms with Crippen LogP contribution in [0, 0.1) is 5.92 Å². The van der Waals surface area contributed by atoms with E-state index in [1.165, 1.54) is 12.8 Å². The summed E-state index contributed by atoms with van der Waals surface area (Å²) in [4.78, 5) is 14.6. The van der Waals surface area contributed by atoms with Crippen LogP contribution in [0.1, 0.15) is 18.4 Å². The number of hydrogen-bond donors (Lipinski definition) is 2. The molecule has 1 aromatic carbocycles. The summed E-state index contributed by atoms with van der Waals surface area (Å²) in [6.07, 6.45) is 2.14. The number of nitrogens with one attached hydrogen (secondary N) is 1. The topological polar surface area (TPSA) is 76.8 Å². The molecule has 3 N–H and O–H groups in total. The van der Waals surface area contributed by atoms with Crippen molar-refractivity contribution in [3.8, 4) is 0 Å². The van der Waals surface area contributed by atoms with Gasteiger partial charge in [0.25, 0.3) is 0 Å². The van der Waals surface area contributed by atoms with Crippen LogP contribution >= 0.6 is 0 Å². The number of esters is 1. The van der Waals surface area contributed by atoms with E-state index in [2.05, 4.69) is 10.2 Å². The normalized spacial score (nSPS) is 24.0. The molecular weight excluding hydrogens is 318 g/mol. The number of piperidine rings is 1. The van der Waals surface area contributed by atoms with Crippen LogP contribution in [-0.4, -0.2) is 62.3 Å². The van der Waals surface area contributed by atoms with Crippen molar-refractivity contribution in [2.45, 2.75) is 31.6 Å². The lowest BCUT2D eigenvalue weighted by Crippen LogP contribution is -2.55. The summed E-state index contributed by atoms with van der Waals surface area (Å²) >= 11 is 0. The number of carbonyl (C=O) groups excluding carboxylic acids is 1. The molecule has 0 aromatic heterocycles. The fourth-order valence-corrected chi connectivity index (χ4v) is 3.52. The first-order valence-corrected chi connectivity index (χ1v) is 9.23. The van der Waals surface area contributed by atoms with Crippen molar-refractivity contribution in [2.24, 2.45) is 11.7 Å². The zero-order valence-electron chi connectivity index (χ0n) is 14.7. The molecule has 2 heterocycles. The predicted molar refractivity (Wildman–Crippen MR) is 96.0 cm³/mol. The Labute approximate surface area is 149 Å². The zero-order chi connectivity index (χ0) is 17.5. The Bertz CT molecular complexity index is 534. The number of hydrogen-bond acceptors (Lipinski definition) is 6. The van der Waals surface area contributed by atoms with E-state index in [0.29, 0.717) is 13.2 Å². The van der Waals surface area contributed by atoms with Crippen molar-refractivity contribution in [2.75, 3.05) is 39.3 Å². The standard InChI is InChI=1S/C19H29N3O3/c20-18(19(23)25-14-16-4-2-1-3-5-16)17-13-22(10-11-24-17)12-15-6-8-21-9-7-15/h1-5,15,17-18,21H,6-14,20H2. The molecule has 0 bridgehead atoms. The Hall–Kier alpha value is -1.47. The van der Waals surface area contributed by atoms with Gasteiger partial charge in [0.1, 0.15) is 12.6 Å². The van der Waals surface area contributed by atoms with E-state index in [1.54, 1.807) is 0 Å². The summed E-state index contributed by atoms with van der Waals surface area (Å²) in [6.45, 7) is 5.74. The van der Waals surface area contributed by atoms with Crippen LogP contribution in [0.4, 0.5) is 0 Å². The first-order chi connectivity index (χ1) is 12.2. The third-order valence-electron chi connectivity index (χ3n) is 5.05. The number of ether oxygens (including phenoxy) is 2. The Morgan fingerprint density at radius 2 is 2.08 bits per heavy atom. The summed E-state index contributed by atoms with van der Waals surface area (Å²) in [5.41, 5.74) is 7.07. The molecule has 2 atom stereocenters. The smallest absolute Gasteiger partial charge is 0.326 e. The van der Waals surface area contributed by atoms with Crippen LogP contribution < -0.4 is 11.1 Å². The second-order valence-corrected chi connectivity index (χ2v) is 6.98. The van der Waals surface area contributed by atoms with Crippen LogP contribution in [0.5, 0.6) is 0 Å². The van der Waals surface area contributed by atoms with Crippen molar-refractivity contribution < 1.29 is 14.3 Å². The van der Waals surface area contributed by atoms with Gasteiger partial charge in [0.15, 0.2) is 0 Å². The predicted octanol–water partition coefficient (Wildman–Crippen LogP) is 0.758. The molecule has 3 rings (SSSR count). The number of nitrogens with two attached hydrogens (primary N) is 1. The molecule has 6 nitrogen and oxygen atoms in total. The van der Waals surface area contributed by atoms with E-state index >= 15 is 0 Å². The molecule has 138 valence electrons. The maximum atomic E-state index is 12.3. The lowest BCUT2D eigenvalue weighted by molar-refractivity contribution is -0.153. The quantitative estimate of drug-likeness (QED) is 0.740. The van der Waals surface area contributed by atoms with Gasteiger partial charge >= 0.3 is 5.97 Å². The first-order valence-electron chi connectivity index (χ1n) is 9.23. The SMILES string of the molecule is NC(C(=O)OCc1ccccc1)C1CN(CC2CCNCC2)CCO1. The highest BCUT2D eigenvalue weighted by molar-refractivity contribution is 5.76. The summed E-state index contributed by atoms with van der Waals surface area (Å²) in [7, 11) is 0. The molecule has 25 heavy (non-hydrogen) atoms. The average Bonchev–Trinajstić information content (AvgIpc) is 2.67. The summed E-state index contributed by atoms with van der Waals surface area (Å²) in [5.74, 6) is 0.332. The average molecular weight is 347 g/mol. The van der Waals surface area contributed by atoms with E-state index in [4.69, 9.17) is 15.2 Å². The highest BCUT2D eigenvalue weighted by Crippen LogP contribution is 2.17. The number of carbonyl (C=O) groups is 1. The van der Waals surface area contributed by atoms with Gasteiger partial charge < -0.3 is 20.5 Å². The van der Waals surface area contributed by atoms with Gasteiger partial charge in [0.05, 0.1) is 12.7 Å². The van der Waals surface area contributed by atoms with Crippen molar-refractivity contribution in [3.63, 3.8) is 0 Å². The van der Waals surface area contributed by atoms with Gasteiger partial charge in [-0.15, -0.1) is 0 Å². The van der Waals surface area contributed by atoms with E-state index in [0.717, 1.165) is 37.7 Å². The maximum Gasteiger partial charge on any atom is 0.326 e. The van der Waals surface area contributed by atoms with Gasteiger partial charge in [-0.25, -0.2) is 0 Å². The van der Waals surface area contributed by atoms with Crippen LogP contribution in [-0.2, 0) is 20.9 Å². The zero-order valence-corrected chi connectivity index (χ0v) is 14.7. The molecule has 0 spiro atoms. The van der Waals surface area contributed by atoms with Crippen molar-refractivity contribution in [1.82, 2.24) is 10.2 Å². The third-order valence-corrected chi connectivity index (χ3v) is 5.05. The molecule has 2 unspecified atom stereocenters. The summed E-state index contributed by atoms with van der Waals surface area (Å²) in [5, 5.41) is 3.40. The van der Waals surface area contributed by atoms with Crippen molar-refractivity contribution in [3.05, 3.63) is 35.9 Å². The lowest BCUT2D eigenvalue weighted by Gasteiger charge is -2.37. The second kappa shape index (κ2) is 9.29. The van der Waals surface area contributed by atoms with Gasteiger partial charge in [-0.2, -0.15) is 0 Å². The minimum atomic E-state index is -0.737. The maximum absolute atomic E-state index is 12.3. The molecule has 0 aliphatic carbocycles. The van der Waals surface area contributed by atoms with Gasteiger partial charge in [-0.05, 0) is 37.4 Å². The Balaban J connectivity index is 1.45. The van der Waals surface area contributed by atoms with Crippen LogP contribution in [0.2, 0.25) is 0 Å². The molecule has 6 heteroatoms. The summed E-state index contributed by atoms with van der Waals surface area (Å²) in [6, 6.07) is 8.90. The van der Waals surface area contributed by atoms with Gasteiger partial charge in [0.2, 0.25) is 0 Å². The molecule has 2 aliphatic heterocycles. The Morgan fingerprint density at radius 1 is 1.32 bits per heavy atom. The van der Waals surface area contributed by atoms with Gasteiger partial charge in [-0.1, -0.05) is 30.3 Å². The van der Waals surface area contributed by atoms with Crippen LogP contribution in [0.3, 0.4) is 0 Å². The second-order valence-electron chi connectivity index (χ2n) is 6.98. The van der Waals surface area contributed by atoms with Gasteiger partial charge in [0, 0.05) is 19.6 Å². The molecule has 2 saturated heterocycles. The summed E-state index contributed by atoms with van der Waals surface area (Å²) < 4.78 is 11.1. The largest absolute Gasteiger partial charge is 0.460 e. The third kappa shape index (κ3) is 5.51. The van der Waals surface area contributed by atoms with E-state index < -0.39 is 12.0 Å². The molecule has 2 fully saturated rings. The molecule has 2 aliphatic rings. The van der Waals surface area contributed by atoms with Crippen LogP contribution in [0.15, 0.2) is 30.3 Å². The minimum absolute atomic E-state index is 0.249. The Kier molecular flexibility index (Phi) is 6.81. The lowest BCUT2D eigenvalue weighted by atomic mass is 9.97. The number of benzene rings is 1. The number of morpholine rings is 1. The van der Waals surface area contributed by atoms with E-state index in [1.807, 2.05) is 30.3 Å². The Morgan fingerprint density at radius 3 is 2.84 bits per heavy atom. The van der Waals surface area contributed by atoms with E-state index in [9.17, 15) is 4.79 Å². The highest BCUT2D eigenvalue weighted by atomic mass is 16.5. The number of rotatable bonds is 6. The minimum Gasteiger partial charge on any atom is -0.460 e. The first kappa shape index (κ1) is 18.3. The monoisotopic (exact) mass is 347 g/mol. The molecule has 0 radical (unpaired) electrons. The molecule has 0 saturated carbocycles. The fourth-order valence-electron chi connectivity index (χ4n) is 3.52. The van der Waals surface area contributed by atoms with Crippen molar-refractivity contribution in [1.29, 1.82) is 0 Å². The van der Waals surface area contributed by atoms with Gasteiger partial charge in [-0.3, -0.25) is 9.69 Å². The van der Waals surface area contributed by atoms with Crippen LogP contribution in [0.25, 0.3) is 0 Å². The molecule has 1 aromatic rings. The number of nitrogens with zero attached hydrogens (tertiary/aromatic N) is 1. The highest BCUT2D eigenvalue weighted by Gasteiger charge is 2.32. The van der Waals surface area contributed by atoms with E-state index in [-0.39, 0.29) is 12.7 Å². The molecular formula is C19H29N3O3. The van der Waals surface area contributed by atoms with Crippen molar-refractivity contribution >= 4 is 5.97 Å².